The Kier molecular flexibility index (Phi) is 3.77. The average molecular weight is 298 g/mol. The third kappa shape index (κ3) is 2.32. The predicted octanol–water partition coefficient (Wildman–Crippen LogP) is 3.77. The second kappa shape index (κ2) is 5.59. The largest absolute Gasteiger partial charge is 0.505 e. The van der Waals surface area contributed by atoms with Gasteiger partial charge in [-0.3, -0.25) is 4.79 Å². The van der Waals surface area contributed by atoms with Crippen molar-refractivity contribution < 1.29 is 5.11 Å². The Morgan fingerprint density at radius 1 is 1.27 bits per heavy atom. The molecule has 3 rings (SSSR count). The smallest absolute Gasteiger partial charge is 0.278 e. The molecule has 1 aromatic heterocycles. The van der Waals surface area contributed by atoms with Crippen LogP contribution in [0.3, 0.4) is 0 Å². The fourth-order valence-electron chi connectivity index (χ4n) is 2.92. The van der Waals surface area contributed by atoms with Crippen molar-refractivity contribution in [2.45, 2.75) is 52.0 Å². The Morgan fingerprint density at radius 2 is 1.95 bits per heavy atom. The van der Waals surface area contributed by atoms with Crippen LogP contribution in [0.1, 0.15) is 56.3 Å². The van der Waals surface area contributed by atoms with E-state index in [0.717, 1.165) is 30.4 Å². The van der Waals surface area contributed by atoms with Crippen LogP contribution < -0.4 is 5.56 Å². The molecular weight excluding hydrogens is 276 g/mol. The topological polar surface area (TPSA) is 55.1 Å². The molecule has 1 aromatic carbocycles. The Hall–Kier alpha value is -2.10. The van der Waals surface area contributed by atoms with Crippen LogP contribution in [0.4, 0.5) is 0 Å². The summed E-state index contributed by atoms with van der Waals surface area (Å²) in [5.41, 5.74) is 2.59. The van der Waals surface area contributed by atoms with Crippen molar-refractivity contribution >= 4 is 0 Å². The number of rotatable bonds is 3. The molecule has 0 bridgehead atoms. The van der Waals surface area contributed by atoms with E-state index in [1.807, 2.05) is 45.0 Å². The molecule has 0 amide bonds. The van der Waals surface area contributed by atoms with E-state index in [-0.39, 0.29) is 23.3 Å². The first kappa shape index (κ1) is 14.8. The number of nitrogens with zero attached hydrogens (tertiary/aromatic N) is 2. The second-order valence-corrected chi connectivity index (χ2v) is 6.41. The Bertz CT molecular complexity index is 758. The number of aromatic nitrogens is 2. The molecule has 0 atom stereocenters. The first-order chi connectivity index (χ1) is 10.5. The highest BCUT2D eigenvalue weighted by molar-refractivity contribution is 5.72. The predicted molar refractivity (Wildman–Crippen MR) is 87.3 cm³/mol. The molecule has 1 saturated carbocycles. The Labute approximate surface area is 130 Å². The van der Waals surface area contributed by atoms with E-state index in [1.165, 1.54) is 0 Å². The van der Waals surface area contributed by atoms with Gasteiger partial charge in [-0.25, -0.2) is 4.68 Å². The van der Waals surface area contributed by atoms with Crippen molar-refractivity contribution in [3.63, 3.8) is 0 Å². The number of benzene rings is 1. The van der Waals surface area contributed by atoms with Crippen LogP contribution in [0, 0.1) is 6.92 Å². The van der Waals surface area contributed by atoms with Crippen molar-refractivity contribution in [2.24, 2.45) is 0 Å². The van der Waals surface area contributed by atoms with Gasteiger partial charge in [0.1, 0.15) is 5.69 Å². The van der Waals surface area contributed by atoms with E-state index in [2.05, 4.69) is 5.10 Å². The number of hydrogen-bond donors (Lipinski definition) is 1. The van der Waals surface area contributed by atoms with Crippen LogP contribution >= 0.6 is 0 Å². The van der Waals surface area contributed by atoms with Gasteiger partial charge in [0.05, 0.1) is 11.6 Å². The summed E-state index contributed by atoms with van der Waals surface area (Å²) < 4.78 is 1.60. The minimum Gasteiger partial charge on any atom is -0.505 e. The van der Waals surface area contributed by atoms with Crippen LogP contribution in [0.25, 0.3) is 11.1 Å². The summed E-state index contributed by atoms with van der Waals surface area (Å²) in [6.07, 6.45) is 3.11. The van der Waals surface area contributed by atoms with Crippen LogP contribution in [0.5, 0.6) is 5.75 Å². The minimum absolute atomic E-state index is 0.0323. The molecule has 1 aliphatic rings. The summed E-state index contributed by atoms with van der Waals surface area (Å²) in [7, 11) is 0. The van der Waals surface area contributed by atoms with Crippen LogP contribution in [-0.2, 0) is 0 Å². The zero-order valence-corrected chi connectivity index (χ0v) is 13.3. The van der Waals surface area contributed by atoms with Gasteiger partial charge in [0.25, 0.3) is 5.56 Å². The average Bonchev–Trinajstić information content (AvgIpc) is 2.41. The lowest BCUT2D eigenvalue weighted by Gasteiger charge is -2.28. The summed E-state index contributed by atoms with van der Waals surface area (Å²) in [5, 5.41) is 15.1. The summed E-state index contributed by atoms with van der Waals surface area (Å²) >= 11 is 0. The Balaban J connectivity index is 2.30. The van der Waals surface area contributed by atoms with Gasteiger partial charge in [0, 0.05) is 5.92 Å². The van der Waals surface area contributed by atoms with E-state index < -0.39 is 0 Å². The van der Waals surface area contributed by atoms with E-state index in [1.54, 1.807) is 4.68 Å². The Morgan fingerprint density at radius 3 is 2.50 bits per heavy atom. The third-order valence-corrected chi connectivity index (χ3v) is 4.50. The first-order valence-electron chi connectivity index (χ1n) is 7.92. The fraction of sp³-hybridized carbons (Fsp3) is 0.444. The normalized spacial score (nSPS) is 15.1. The molecule has 0 unspecified atom stereocenters. The fourth-order valence-corrected chi connectivity index (χ4v) is 2.92. The van der Waals surface area contributed by atoms with Gasteiger partial charge in [-0.05, 0) is 37.3 Å². The van der Waals surface area contributed by atoms with E-state index in [4.69, 9.17) is 0 Å². The quantitative estimate of drug-likeness (QED) is 0.938. The highest BCUT2D eigenvalue weighted by atomic mass is 16.3. The number of aromatic hydroxyl groups is 1. The highest BCUT2D eigenvalue weighted by Crippen LogP contribution is 2.36. The van der Waals surface area contributed by atoms with Gasteiger partial charge in [-0.15, -0.1) is 0 Å². The van der Waals surface area contributed by atoms with Crippen molar-refractivity contribution in [1.82, 2.24) is 9.78 Å². The van der Waals surface area contributed by atoms with Gasteiger partial charge in [-0.2, -0.15) is 5.10 Å². The van der Waals surface area contributed by atoms with Gasteiger partial charge < -0.3 is 5.11 Å². The van der Waals surface area contributed by atoms with Gasteiger partial charge >= 0.3 is 0 Å². The maximum Gasteiger partial charge on any atom is 0.278 e. The van der Waals surface area contributed by atoms with Crippen LogP contribution in [0.2, 0.25) is 0 Å². The lowest BCUT2D eigenvalue weighted by Crippen LogP contribution is -2.33. The minimum atomic E-state index is -0.180. The molecule has 22 heavy (non-hydrogen) atoms. The molecule has 1 heterocycles. The van der Waals surface area contributed by atoms with E-state index in [9.17, 15) is 9.90 Å². The molecule has 0 spiro atoms. The molecule has 1 N–H and O–H groups in total. The SMILES string of the molecule is Cc1ccccc1-c1c(O)c(C(C)C)nn(C2CCC2)c1=O. The molecule has 4 heteroatoms. The number of hydrogen-bond acceptors (Lipinski definition) is 3. The lowest BCUT2D eigenvalue weighted by atomic mass is 9.92. The molecule has 1 fully saturated rings. The van der Waals surface area contributed by atoms with Gasteiger partial charge in [-0.1, -0.05) is 38.1 Å². The van der Waals surface area contributed by atoms with Gasteiger partial charge in [0.2, 0.25) is 0 Å². The first-order valence-corrected chi connectivity index (χ1v) is 7.92. The maximum absolute atomic E-state index is 12.9. The molecule has 0 radical (unpaired) electrons. The van der Waals surface area contributed by atoms with Crippen LogP contribution in [-0.4, -0.2) is 14.9 Å². The van der Waals surface area contributed by atoms with Crippen molar-refractivity contribution in [3.05, 3.63) is 45.9 Å². The summed E-state index contributed by atoms with van der Waals surface area (Å²) in [6, 6.07) is 7.85. The standard InChI is InChI=1S/C18H22N2O2/c1-11(2)16-17(21)15(14-10-5-4-7-12(14)3)18(22)20(19-16)13-8-6-9-13/h4-5,7,10-11,13,21H,6,8-9H2,1-3H3. The molecular formula is C18H22N2O2. The van der Waals surface area contributed by atoms with Crippen molar-refractivity contribution in [3.8, 4) is 16.9 Å². The van der Waals surface area contributed by atoms with E-state index >= 15 is 0 Å². The molecule has 2 aromatic rings. The summed E-state index contributed by atoms with van der Waals surface area (Å²) in [5.74, 6) is 0.0968. The summed E-state index contributed by atoms with van der Waals surface area (Å²) in [6.45, 7) is 5.93. The lowest BCUT2D eigenvalue weighted by molar-refractivity contribution is 0.273. The summed E-state index contributed by atoms with van der Waals surface area (Å²) in [4.78, 5) is 12.9. The monoisotopic (exact) mass is 298 g/mol. The second-order valence-electron chi connectivity index (χ2n) is 6.41. The molecule has 116 valence electrons. The molecule has 0 saturated heterocycles. The van der Waals surface area contributed by atoms with Crippen molar-refractivity contribution in [2.75, 3.05) is 0 Å². The van der Waals surface area contributed by atoms with Crippen LogP contribution in [0.15, 0.2) is 29.1 Å². The molecule has 4 nitrogen and oxygen atoms in total. The third-order valence-electron chi connectivity index (χ3n) is 4.50. The highest BCUT2D eigenvalue weighted by Gasteiger charge is 2.27. The van der Waals surface area contributed by atoms with Crippen molar-refractivity contribution in [1.29, 1.82) is 0 Å². The zero-order valence-electron chi connectivity index (χ0n) is 13.3. The maximum atomic E-state index is 12.9. The van der Waals surface area contributed by atoms with E-state index in [0.29, 0.717) is 11.3 Å². The zero-order chi connectivity index (χ0) is 15.9. The molecule has 0 aliphatic heterocycles. The number of aryl methyl sites for hydroxylation is 1. The molecule has 1 aliphatic carbocycles. The van der Waals surface area contributed by atoms with Gasteiger partial charge in [0.15, 0.2) is 5.75 Å².